The molecule has 0 amide bonds. The molecule has 1 heterocycles. The second kappa shape index (κ2) is 5.58. The summed E-state index contributed by atoms with van der Waals surface area (Å²) in [7, 11) is 0. The van der Waals surface area contributed by atoms with Gasteiger partial charge in [-0.15, -0.1) is 0 Å². The minimum atomic E-state index is -0.0928. The van der Waals surface area contributed by atoms with Crippen LogP contribution in [0.1, 0.15) is 20.8 Å². The van der Waals surface area contributed by atoms with Crippen molar-refractivity contribution in [2.75, 3.05) is 26.3 Å². The lowest BCUT2D eigenvalue weighted by molar-refractivity contribution is -0.133. The molecule has 0 aromatic carbocycles. The Labute approximate surface area is 91.8 Å². The lowest BCUT2D eigenvalue weighted by Gasteiger charge is -2.36. The first-order chi connectivity index (χ1) is 7.02. The maximum atomic E-state index is 11.9. The monoisotopic (exact) mass is 214 g/mol. The Bertz CT molecular complexity index is 217. The van der Waals surface area contributed by atoms with Gasteiger partial charge in [-0.1, -0.05) is 13.8 Å². The number of Topliss-reactive ketones (excluding diaryl/α,β-unsaturated/α-hetero) is 1. The van der Waals surface area contributed by atoms with Crippen LogP contribution in [0.4, 0.5) is 0 Å². The molecule has 0 aliphatic carbocycles. The van der Waals surface area contributed by atoms with Gasteiger partial charge in [0.05, 0.1) is 19.3 Å². The highest BCUT2D eigenvalue weighted by Gasteiger charge is 2.30. The first-order valence-electron chi connectivity index (χ1n) is 5.63. The molecule has 15 heavy (non-hydrogen) atoms. The highest BCUT2D eigenvalue weighted by molar-refractivity contribution is 5.85. The van der Waals surface area contributed by atoms with Crippen LogP contribution in [0.5, 0.6) is 0 Å². The number of carbonyl (C=O) groups is 1. The van der Waals surface area contributed by atoms with Gasteiger partial charge in [0, 0.05) is 25.0 Å². The van der Waals surface area contributed by atoms with Gasteiger partial charge >= 0.3 is 0 Å². The fourth-order valence-electron chi connectivity index (χ4n) is 1.87. The van der Waals surface area contributed by atoms with E-state index in [-0.39, 0.29) is 23.8 Å². The Balaban J connectivity index is 2.61. The van der Waals surface area contributed by atoms with Crippen LogP contribution in [0.3, 0.4) is 0 Å². The SMILES string of the molecule is CC(N)CN1CCOCC1C(=O)C(C)C. The van der Waals surface area contributed by atoms with Crippen LogP contribution in [-0.4, -0.2) is 49.1 Å². The molecule has 0 spiro atoms. The van der Waals surface area contributed by atoms with Crippen molar-refractivity contribution < 1.29 is 9.53 Å². The van der Waals surface area contributed by atoms with E-state index in [1.54, 1.807) is 0 Å². The molecule has 2 unspecified atom stereocenters. The third-order valence-corrected chi connectivity index (χ3v) is 2.66. The van der Waals surface area contributed by atoms with E-state index in [0.29, 0.717) is 13.2 Å². The topological polar surface area (TPSA) is 55.6 Å². The fourth-order valence-corrected chi connectivity index (χ4v) is 1.87. The quantitative estimate of drug-likeness (QED) is 0.729. The summed E-state index contributed by atoms with van der Waals surface area (Å²) in [6.07, 6.45) is 0. The van der Waals surface area contributed by atoms with E-state index in [2.05, 4.69) is 4.90 Å². The molecule has 1 rings (SSSR count). The zero-order chi connectivity index (χ0) is 11.4. The predicted octanol–water partition coefficient (Wildman–Crippen LogP) is 0.260. The molecule has 2 N–H and O–H groups in total. The van der Waals surface area contributed by atoms with Crippen molar-refractivity contribution in [3.63, 3.8) is 0 Å². The third-order valence-electron chi connectivity index (χ3n) is 2.66. The van der Waals surface area contributed by atoms with E-state index in [1.165, 1.54) is 0 Å². The lowest BCUT2D eigenvalue weighted by atomic mass is 10.00. The number of rotatable bonds is 4. The summed E-state index contributed by atoms with van der Waals surface area (Å²) in [5.74, 6) is 0.322. The van der Waals surface area contributed by atoms with Gasteiger partial charge in [-0.3, -0.25) is 9.69 Å². The fraction of sp³-hybridized carbons (Fsp3) is 0.909. The van der Waals surface area contributed by atoms with Gasteiger partial charge in [0.15, 0.2) is 5.78 Å². The number of morpholine rings is 1. The van der Waals surface area contributed by atoms with Gasteiger partial charge in [0.25, 0.3) is 0 Å². The standard InChI is InChI=1S/C11H22N2O2/c1-8(2)11(14)10-7-15-5-4-13(10)6-9(3)12/h8-10H,4-7,12H2,1-3H3. The molecule has 2 atom stereocenters. The summed E-state index contributed by atoms with van der Waals surface area (Å²) in [6.45, 7) is 8.63. The number of ether oxygens (including phenoxy) is 1. The molecule has 88 valence electrons. The smallest absolute Gasteiger partial charge is 0.154 e. The van der Waals surface area contributed by atoms with Crippen LogP contribution in [0.15, 0.2) is 0 Å². The number of nitrogens with zero attached hydrogens (tertiary/aromatic N) is 1. The molecule has 1 saturated heterocycles. The first kappa shape index (κ1) is 12.6. The average Bonchev–Trinajstić information content (AvgIpc) is 2.16. The third kappa shape index (κ3) is 3.55. The molecule has 1 fully saturated rings. The van der Waals surface area contributed by atoms with Crippen molar-refractivity contribution in [3.05, 3.63) is 0 Å². The Morgan fingerprint density at radius 1 is 1.53 bits per heavy atom. The molecule has 4 heteroatoms. The summed E-state index contributed by atoms with van der Waals surface area (Å²) in [5, 5.41) is 0. The van der Waals surface area contributed by atoms with Gasteiger partial charge in [0.2, 0.25) is 0 Å². The zero-order valence-electron chi connectivity index (χ0n) is 9.90. The van der Waals surface area contributed by atoms with Crippen molar-refractivity contribution in [1.82, 2.24) is 4.90 Å². The molecule has 0 aromatic heterocycles. The van der Waals surface area contributed by atoms with Crippen LogP contribution in [0, 0.1) is 5.92 Å². The zero-order valence-corrected chi connectivity index (χ0v) is 9.90. The lowest BCUT2D eigenvalue weighted by Crippen LogP contribution is -2.54. The molecular weight excluding hydrogens is 192 g/mol. The first-order valence-corrected chi connectivity index (χ1v) is 5.63. The molecule has 1 aliphatic heterocycles. The normalized spacial score (nSPS) is 25.5. The number of hydrogen-bond acceptors (Lipinski definition) is 4. The minimum absolute atomic E-state index is 0.0623. The predicted molar refractivity (Wildman–Crippen MR) is 59.7 cm³/mol. The average molecular weight is 214 g/mol. The largest absolute Gasteiger partial charge is 0.378 e. The molecule has 1 aliphatic rings. The van der Waals surface area contributed by atoms with Gasteiger partial charge in [-0.05, 0) is 6.92 Å². The van der Waals surface area contributed by atoms with Gasteiger partial charge in [0.1, 0.15) is 0 Å². The molecule has 0 radical (unpaired) electrons. The number of hydrogen-bond donors (Lipinski definition) is 1. The summed E-state index contributed by atoms with van der Waals surface area (Å²) >= 11 is 0. The second-order valence-corrected chi connectivity index (χ2v) is 4.62. The Kier molecular flexibility index (Phi) is 4.70. The van der Waals surface area contributed by atoms with Crippen LogP contribution in [-0.2, 0) is 9.53 Å². The van der Waals surface area contributed by atoms with Crippen LogP contribution in [0.2, 0.25) is 0 Å². The number of nitrogens with two attached hydrogens (primary N) is 1. The summed E-state index contributed by atoms with van der Waals surface area (Å²) < 4.78 is 5.36. The van der Waals surface area contributed by atoms with E-state index in [9.17, 15) is 4.79 Å². The number of carbonyl (C=O) groups excluding carboxylic acids is 1. The summed E-state index contributed by atoms with van der Waals surface area (Å²) in [5.41, 5.74) is 5.77. The minimum Gasteiger partial charge on any atom is -0.378 e. The maximum absolute atomic E-state index is 11.9. The van der Waals surface area contributed by atoms with Crippen molar-refractivity contribution >= 4 is 5.78 Å². The summed E-state index contributed by atoms with van der Waals surface area (Å²) in [4.78, 5) is 14.1. The molecule has 0 aromatic rings. The van der Waals surface area contributed by atoms with Crippen molar-refractivity contribution in [3.8, 4) is 0 Å². The molecule has 0 saturated carbocycles. The van der Waals surface area contributed by atoms with Crippen LogP contribution >= 0.6 is 0 Å². The highest BCUT2D eigenvalue weighted by Crippen LogP contribution is 2.12. The van der Waals surface area contributed by atoms with Crippen molar-refractivity contribution in [2.24, 2.45) is 11.7 Å². The van der Waals surface area contributed by atoms with Gasteiger partial charge in [-0.2, -0.15) is 0 Å². The molecule has 0 bridgehead atoms. The van der Waals surface area contributed by atoms with Crippen molar-refractivity contribution in [1.29, 1.82) is 0 Å². The Hall–Kier alpha value is -0.450. The molecular formula is C11H22N2O2. The van der Waals surface area contributed by atoms with E-state index in [0.717, 1.165) is 13.1 Å². The van der Waals surface area contributed by atoms with Crippen LogP contribution < -0.4 is 5.73 Å². The van der Waals surface area contributed by atoms with E-state index in [4.69, 9.17) is 10.5 Å². The van der Waals surface area contributed by atoms with E-state index < -0.39 is 0 Å². The van der Waals surface area contributed by atoms with Crippen LogP contribution in [0.25, 0.3) is 0 Å². The van der Waals surface area contributed by atoms with Crippen molar-refractivity contribution in [2.45, 2.75) is 32.9 Å². The Morgan fingerprint density at radius 2 is 2.20 bits per heavy atom. The number of ketones is 1. The highest BCUT2D eigenvalue weighted by atomic mass is 16.5. The van der Waals surface area contributed by atoms with E-state index in [1.807, 2.05) is 20.8 Å². The maximum Gasteiger partial charge on any atom is 0.154 e. The Morgan fingerprint density at radius 3 is 2.73 bits per heavy atom. The molecule has 4 nitrogen and oxygen atoms in total. The van der Waals surface area contributed by atoms with Gasteiger partial charge < -0.3 is 10.5 Å². The van der Waals surface area contributed by atoms with E-state index >= 15 is 0 Å². The second-order valence-electron chi connectivity index (χ2n) is 4.62. The summed E-state index contributed by atoms with van der Waals surface area (Å²) in [6, 6.07) is 0.00955. The van der Waals surface area contributed by atoms with Gasteiger partial charge in [-0.25, -0.2) is 0 Å².